The number of rotatable bonds is 2. The summed E-state index contributed by atoms with van der Waals surface area (Å²) in [5.74, 6) is -0.551. The van der Waals surface area contributed by atoms with Gasteiger partial charge in [-0.05, 0) is 46.3 Å². The summed E-state index contributed by atoms with van der Waals surface area (Å²) in [6.45, 7) is 0. The van der Waals surface area contributed by atoms with Crippen LogP contribution < -0.4 is 5.32 Å². The number of hydrogen-bond acceptors (Lipinski definition) is 2. The standard InChI is InChI=1S/C12H7BrClFN2O/c13-8-2-4-11(16-6-8)17-12(18)7-1-3-10(15)9(14)5-7/h1-6H,(H,16,17,18). The molecule has 0 aliphatic rings. The molecular formula is C12H7BrClFN2O. The molecule has 1 aromatic heterocycles. The minimum atomic E-state index is -0.560. The van der Waals surface area contributed by atoms with Gasteiger partial charge >= 0.3 is 0 Å². The van der Waals surface area contributed by atoms with Crippen molar-refractivity contribution in [3.63, 3.8) is 0 Å². The average molecular weight is 330 g/mol. The van der Waals surface area contributed by atoms with Gasteiger partial charge in [0.25, 0.3) is 5.91 Å². The Morgan fingerprint density at radius 1 is 1.33 bits per heavy atom. The highest BCUT2D eigenvalue weighted by Gasteiger charge is 2.09. The van der Waals surface area contributed by atoms with Crippen molar-refractivity contribution in [1.82, 2.24) is 4.98 Å². The fraction of sp³-hybridized carbons (Fsp3) is 0. The molecule has 1 aromatic carbocycles. The van der Waals surface area contributed by atoms with E-state index in [-0.39, 0.29) is 10.6 Å². The molecule has 0 aliphatic carbocycles. The molecule has 0 saturated heterocycles. The van der Waals surface area contributed by atoms with E-state index in [1.807, 2.05) is 0 Å². The molecule has 6 heteroatoms. The number of nitrogens with one attached hydrogen (secondary N) is 1. The van der Waals surface area contributed by atoms with Crippen molar-refractivity contribution in [1.29, 1.82) is 0 Å². The maximum absolute atomic E-state index is 13.0. The van der Waals surface area contributed by atoms with Crippen molar-refractivity contribution in [2.75, 3.05) is 5.32 Å². The third-order valence-electron chi connectivity index (χ3n) is 2.15. The Kier molecular flexibility index (Phi) is 3.93. The zero-order valence-corrected chi connectivity index (χ0v) is 11.3. The van der Waals surface area contributed by atoms with Crippen molar-refractivity contribution < 1.29 is 9.18 Å². The molecule has 0 unspecified atom stereocenters. The molecular weight excluding hydrogens is 323 g/mol. The summed E-state index contributed by atoms with van der Waals surface area (Å²) in [6.07, 6.45) is 1.56. The number of amides is 1. The lowest BCUT2D eigenvalue weighted by molar-refractivity contribution is 0.102. The molecule has 0 fully saturated rings. The van der Waals surface area contributed by atoms with E-state index in [1.54, 1.807) is 18.3 Å². The molecule has 0 radical (unpaired) electrons. The third kappa shape index (κ3) is 3.05. The first kappa shape index (κ1) is 13.0. The highest BCUT2D eigenvalue weighted by molar-refractivity contribution is 9.10. The molecule has 0 saturated carbocycles. The van der Waals surface area contributed by atoms with Crippen LogP contribution in [0.2, 0.25) is 5.02 Å². The summed E-state index contributed by atoms with van der Waals surface area (Å²) in [7, 11) is 0. The van der Waals surface area contributed by atoms with E-state index in [0.717, 1.165) is 10.5 Å². The second-order valence-electron chi connectivity index (χ2n) is 3.44. The zero-order valence-electron chi connectivity index (χ0n) is 8.95. The number of carbonyl (C=O) groups excluding carboxylic acids is 1. The van der Waals surface area contributed by atoms with Gasteiger partial charge in [0.2, 0.25) is 0 Å². The molecule has 92 valence electrons. The number of nitrogens with zero attached hydrogens (tertiary/aromatic N) is 1. The number of benzene rings is 1. The molecule has 2 aromatic rings. The predicted molar refractivity (Wildman–Crippen MR) is 71.3 cm³/mol. The van der Waals surface area contributed by atoms with E-state index in [1.165, 1.54) is 12.1 Å². The van der Waals surface area contributed by atoms with Crippen LogP contribution in [0.1, 0.15) is 10.4 Å². The summed E-state index contributed by atoms with van der Waals surface area (Å²) in [4.78, 5) is 15.8. The van der Waals surface area contributed by atoms with Gasteiger partial charge in [-0.1, -0.05) is 11.6 Å². The van der Waals surface area contributed by atoms with E-state index in [4.69, 9.17) is 11.6 Å². The minimum absolute atomic E-state index is 0.0913. The van der Waals surface area contributed by atoms with Crippen LogP contribution in [0.15, 0.2) is 41.0 Å². The van der Waals surface area contributed by atoms with Crippen molar-refractivity contribution in [2.24, 2.45) is 0 Å². The second kappa shape index (κ2) is 5.46. The van der Waals surface area contributed by atoms with Crippen molar-refractivity contribution >= 4 is 39.3 Å². The maximum Gasteiger partial charge on any atom is 0.256 e. The quantitative estimate of drug-likeness (QED) is 0.908. The average Bonchev–Trinajstić information content (AvgIpc) is 2.35. The molecule has 0 spiro atoms. The molecule has 1 heterocycles. The molecule has 2 rings (SSSR count). The highest BCUT2D eigenvalue weighted by atomic mass is 79.9. The molecule has 3 nitrogen and oxygen atoms in total. The minimum Gasteiger partial charge on any atom is -0.307 e. The molecule has 1 amide bonds. The van der Waals surface area contributed by atoms with Gasteiger partial charge in [-0.25, -0.2) is 9.37 Å². The number of carbonyl (C=O) groups is 1. The lowest BCUT2D eigenvalue weighted by Crippen LogP contribution is -2.12. The van der Waals surface area contributed by atoms with Gasteiger partial charge in [0.1, 0.15) is 11.6 Å². The lowest BCUT2D eigenvalue weighted by Gasteiger charge is -2.05. The third-order valence-corrected chi connectivity index (χ3v) is 2.91. The largest absolute Gasteiger partial charge is 0.307 e. The molecule has 0 bridgehead atoms. The number of halogens is 3. The van der Waals surface area contributed by atoms with Crippen LogP contribution in [0, 0.1) is 5.82 Å². The van der Waals surface area contributed by atoms with Crippen LogP contribution in [0.4, 0.5) is 10.2 Å². The first-order valence-corrected chi connectivity index (χ1v) is 6.11. The summed E-state index contributed by atoms with van der Waals surface area (Å²) < 4.78 is 13.8. The monoisotopic (exact) mass is 328 g/mol. The fourth-order valence-electron chi connectivity index (χ4n) is 1.28. The van der Waals surface area contributed by atoms with Gasteiger partial charge < -0.3 is 5.32 Å². The van der Waals surface area contributed by atoms with Crippen LogP contribution in [-0.4, -0.2) is 10.9 Å². The summed E-state index contributed by atoms with van der Waals surface area (Å²) in [6, 6.07) is 7.17. The van der Waals surface area contributed by atoms with Gasteiger partial charge in [0, 0.05) is 16.2 Å². The Balaban J connectivity index is 2.16. The Hall–Kier alpha value is -1.46. The van der Waals surface area contributed by atoms with Gasteiger partial charge in [-0.15, -0.1) is 0 Å². The zero-order chi connectivity index (χ0) is 13.1. The SMILES string of the molecule is O=C(Nc1ccc(Br)cn1)c1ccc(F)c(Cl)c1. The molecule has 0 atom stereocenters. The van der Waals surface area contributed by atoms with E-state index < -0.39 is 11.7 Å². The summed E-state index contributed by atoms with van der Waals surface area (Å²) in [5, 5.41) is 2.49. The van der Waals surface area contributed by atoms with Crippen LogP contribution in [0.5, 0.6) is 0 Å². The van der Waals surface area contributed by atoms with Crippen molar-refractivity contribution in [3.8, 4) is 0 Å². The van der Waals surface area contributed by atoms with Crippen molar-refractivity contribution in [2.45, 2.75) is 0 Å². The van der Waals surface area contributed by atoms with Gasteiger partial charge in [-0.2, -0.15) is 0 Å². The number of anilines is 1. The maximum atomic E-state index is 13.0. The molecule has 1 N–H and O–H groups in total. The van der Waals surface area contributed by atoms with Gasteiger partial charge in [0.15, 0.2) is 0 Å². The number of aromatic nitrogens is 1. The van der Waals surface area contributed by atoms with E-state index in [2.05, 4.69) is 26.2 Å². The molecule has 0 aliphatic heterocycles. The fourth-order valence-corrected chi connectivity index (χ4v) is 1.69. The highest BCUT2D eigenvalue weighted by Crippen LogP contribution is 2.17. The van der Waals surface area contributed by atoms with Crippen LogP contribution in [0.3, 0.4) is 0 Å². The second-order valence-corrected chi connectivity index (χ2v) is 4.77. The summed E-state index contributed by atoms with van der Waals surface area (Å²) in [5.41, 5.74) is 0.270. The topological polar surface area (TPSA) is 42.0 Å². The first-order chi connectivity index (χ1) is 8.56. The predicted octanol–water partition coefficient (Wildman–Crippen LogP) is 3.89. The molecule has 18 heavy (non-hydrogen) atoms. The van der Waals surface area contributed by atoms with Gasteiger partial charge in [-0.3, -0.25) is 4.79 Å². The van der Waals surface area contributed by atoms with Crippen LogP contribution in [0.25, 0.3) is 0 Å². The van der Waals surface area contributed by atoms with Gasteiger partial charge in [0.05, 0.1) is 5.02 Å². The number of pyridine rings is 1. The van der Waals surface area contributed by atoms with Crippen LogP contribution >= 0.6 is 27.5 Å². The Morgan fingerprint density at radius 3 is 2.72 bits per heavy atom. The van der Waals surface area contributed by atoms with E-state index in [9.17, 15) is 9.18 Å². The first-order valence-electron chi connectivity index (χ1n) is 4.94. The van der Waals surface area contributed by atoms with Crippen molar-refractivity contribution in [3.05, 3.63) is 57.4 Å². The Bertz CT molecular complexity index is 589. The Labute approximate surface area is 116 Å². The van der Waals surface area contributed by atoms with E-state index >= 15 is 0 Å². The number of hydrogen-bond donors (Lipinski definition) is 1. The smallest absolute Gasteiger partial charge is 0.256 e. The van der Waals surface area contributed by atoms with Crippen LogP contribution in [-0.2, 0) is 0 Å². The Morgan fingerprint density at radius 2 is 2.11 bits per heavy atom. The van der Waals surface area contributed by atoms with E-state index in [0.29, 0.717) is 5.82 Å². The lowest BCUT2D eigenvalue weighted by atomic mass is 10.2. The normalized spacial score (nSPS) is 10.2. The summed E-state index contributed by atoms with van der Waals surface area (Å²) >= 11 is 8.84.